The van der Waals surface area contributed by atoms with Gasteiger partial charge in [0.1, 0.15) is 0 Å². The number of nitrogens with two attached hydrogens (primary N) is 1. The number of hydrogen-bond donors (Lipinski definition) is 1. The Kier molecular flexibility index (Phi) is 5.55. The molecule has 2 heterocycles. The van der Waals surface area contributed by atoms with Crippen molar-refractivity contribution in [2.24, 2.45) is 11.1 Å². The minimum atomic E-state index is -0.904. The summed E-state index contributed by atoms with van der Waals surface area (Å²) in [6, 6.07) is 4.02. The zero-order valence-corrected chi connectivity index (χ0v) is 14.8. The highest BCUT2D eigenvalue weighted by Crippen LogP contribution is 2.40. The maximum Gasteiger partial charge on any atom is 0.230 e. The third kappa shape index (κ3) is 3.58. The standard InChI is InChI=1S/C19H25F2N3O2/c20-15-5-1-4-14(17(15)21)12-23-10-3-7-19(18(23)26)8-11-24(13-19)16(25)6-2-9-22/h1,4-5H,2-3,6-13,22H2/t19-/m1/s1. The van der Waals surface area contributed by atoms with E-state index >= 15 is 0 Å². The fourth-order valence-electron chi connectivity index (χ4n) is 4.05. The van der Waals surface area contributed by atoms with Crippen LogP contribution in [0.1, 0.15) is 37.7 Å². The number of rotatable bonds is 5. The topological polar surface area (TPSA) is 66.6 Å². The van der Waals surface area contributed by atoms with Crippen LogP contribution < -0.4 is 5.73 Å². The van der Waals surface area contributed by atoms with Gasteiger partial charge in [-0.15, -0.1) is 0 Å². The Morgan fingerprint density at radius 3 is 2.81 bits per heavy atom. The van der Waals surface area contributed by atoms with E-state index in [0.29, 0.717) is 45.4 Å². The van der Waals surface area contributed by atoms with Gasteiger partial charge in [0, 0.05) is 38.2 Å². The van der Waals surface area contributed by atoms with Gasteiger partial charge < -0.3 is 15.5 Å². The van der Waals surface area contributed by atoms with E-state index in [1.807, 2.05) is 0 Å². The largest absolute Gasteiger partial charge is 0.342 e. The Hall–Kier alpha value is -2.02. The molecule has 1 spiro atoms. The Morgan fingerprint density at radius 1 is 1.23 bits per heavy atom. The zero-order chi connectivity index (χ0) is 18.7. The average Bonchev–Trinajstić information content (AvgIpc) is 3.06. The van der Waals surface area contributed by atoms with E-state index in [-0.39, 0.29) is 23.9 Å². The zero-order valence-electron chi connectivity index (χ0n) is 14.8. The molecule has 0 radical (unpaired) electrons. The predicted molar refractivity (Wildman–Crippen MR) is 92.9 cm³/mol. The molecule has 2 amide bonds. The van der Waals surface area contributed by atoms with Crippen LogP contribution in [0.15, 0.2) is 18.2 Å². The summed E-state index contributed by atoms with van der Waals surface area (Å²) in [5, 5.41) is 0. The van der Waals surface area contributed by atoms with Crippen LogP contribution in [-0.4, -0.2) is 47.8 Å². The van der Waals surface area contributed by atoms with Gasteiger partial charge in [0.2, 0.25) is 11.8 Å². The molecule has 2 aliphatic heterocycles. The SMILES string of the molecule is NCCCC(=O)N1CC[C@]2(CCCN(Cc3cccc(F)c3F)C2=O)C1. The van der Waals surface area contributed by atoms with Gasteiger partial charge in [0.25, 0.3) is 0 Å². The molecule has 7 heteroatoms. The van der Waals surface area contributed by atoms with Crippen molar-refractivity contribution < 1.29 is 18.4 Å². The molecule has 5 nitrogen and oxygen atoms in total. The molecule has 0 aliphatic carbocycles. The lowest BCUT2D eigenvalue weighted by Crippen LogP contribution is -2.50. The highest BCUT2D eigenvalue weighted by atomic mass is 19.2. The predicted octanol–water partition coefficient (Wildman–Crippen LogP) is 2.04. The van der Waals surface area contributed by atoms with E-state index in [0.717, 1.165) is 18.9 Å². The molecule has 1 aromatic carbocycles. The van der Waals surface area contributed by atoms with Gasteiger partial charge in [-0.3, -0.25) is 9.59 Å². The first-order valence-electron chi connectivity index (χ1n) is 9.17. The second-order valence-corrected chi connectivity index (χ2v) is 7.28. The normalized spacial score (nSPS) is 23.1. The van der Waals surface area contributed by atoms with Crippen molar-refractivity contribution in [1.29, 1.82) is 0 Å². The van der Waals surface area contributed by atoms with E-state index in [1.54, 1.807) is 9.80 Å². The van der Waals surface area contributed by atoms with Gasteiger partial charge in [-0.25, -0.2) is 8.78 Å². The van der Waals surface area contributed by atoms with Crippen molar-refractivity contribution in [3.8, 4) is 0 Å². The van der Waals surface area contributed by atoms with Gasteiger partial charge in [0.05, 0.1) is 5.41 Å². The monoisotopic (exact) mass is 365 g/mol. The molecular weight excluding hydrogens is 340 g/mol. The van der Waals surface area contributed by atoms with Gasteiger partial charge >= 0.3 is 0 Å². The molecule has 0 saturated carbocycles. The Labute approximate surface area is 152 Å². The summed E-state index contributed by atoms with van der Waals surface area (Å²) in [6.45, 7) is 2.04. The van der Waals surface area contributed by atoms with E-state index < -0.39 is 17.0 Å². The van der Waals surface area contributed by atoms with Crippen LogP contribution in [0.3, 0.4) is 0 Å². The van der Waals surface area contributed by atoms with Crippen LogP contribution in [0, 0.1) is 17.0 Å². The first kappa shape index (κ1) is 18.8. The number of piperidine rings is 1. The van der Waals surface area contributed by atoms with Gasteiger partial charge in [-0.05, 0) is 38.3 Å². The van der Waals surface area contributed by atoms with E-state index in [2.05, 4.69) is 0 Å². The molecule has 2 fully saturated rings. The van der Waals surface area contributed by atoms with Crippen LogP contribution in [0.5, 0.6) is 0 Å². The summed E-state index contributed by atoms with van der Waals surface area (Å²) < 4.78 is 27.4. The summed E-state index contributed by atoms with van der Waals surface area (Å²) >= 11 is 0. The van der Waals surface area contributed by atoms with E-state index in [1.165, 1.54) is 12.1 Å². The molecule has 0 unspecified atom stereocenters. The Morgan fingerprint density at radius 2 is 2.04 bits per heavy atom. The molecule has 142 valence electrons. The van der Waals surface area contributed by atoms with Gasteiger partial charge in [-0.2, -0.15) is 0 Å². The number of halogens is 2. The minimum Gasteiger partial charge on any atom is -0.342 e. The number of nitrogens with zero attached hydrogens (tertiary/aromatic N) is 2. The molecule has 1 atom stereocenters. The number of likely N-dealkylation sites (tertiary alicyclic amines) is 2. The van der Waals surface area contributed by atoms with Gasteiger partial charge in [0.15, 0.2) is 11.6 Å². The average molecular weight is 365 g/mol. The van der Waals surface area contributed by atoms with Crippen LogP contribution in [0.25, 0.3) is 0 Å². The second kappa shape index (κ2) is 7.70. The summed E-state index contributed by atoms with van der Waals surface area (Å²) in [7, 11) is 0. The number of hydrogen-bond acceptors (Lipinski definition) is 3. The van der Waals surface area contributed by atoms with E-state index in [4.69, 9.17) is 5.73 Å². The fourth-order valence-corrected chi connectivity index (χ4v) is 4.05. The summed E-state index contributed by atoms with van der Waals surface area (Å²) in [5.41, 5.74) is 5.06. The maximum absolute atomic E-state index is 14.0. The lowest BCUT2D eigenvalue weighted by atomic mass is 9.78. The Bertz CT molecular complexity index is 697. The van der Waals surface area contributed by atoms with Gasteiger partial charge in [-0.1, -0.05) is 12.1 Å². The lowest BCUT2D eigenvalue weighted by Gasteiger charge is -2.39. The van der Waals surface area contributed by atoms with Crippen molar-refractivity contribution in [3.63, 3.8) is 0 Å². The van der Waals surface area contributed by atoms with Crippen molar-refractivity contribution in [2.45, 2.75) is 38.6 Å². The highest BCUT2D eigenvalue weighted by molar-refractivity contribution is 5.86. The third-order valence-electron chi connectivity index (χ3n) is 5.52. The highest BCUT2D eigenvalue weighted by Gasteiger charge is 2.49. The summed E-state index contributed by atoms with van der Waals surface area (Å²) in [5.74, 6) is -1.82. The smallest absolute Gasteiger partial charge is 0.230 e. The summed E-state index contributed by atoms with van der Waals surface area (Å²) in [6.07, 6.45) is 3.20. The summed E-state index contributed by atoms with van der Waals surface area (Å²) in [4.78, 5) is 28.7. The molecule has 0 aromatic heterocycles. The molecule has 1 aromatic rings. The lowest BCUT2D eigenvalue weighted by molar-refractivity contribution is -0.146. The first-order chi connectivity index (χ1) is 12.5. The van der Waals surface area contributed by atoms with Crippen LogP contribution >= 0.6 is 0 Å². The van der Waals surface area contributed by atoms with Crippen molar-refractivity contribution in [3.05, 3.63) is 35.4 Å². The van der Waals surface area contributed by atoms with Crippen molar-refractivity contribution in [2.75, 3.05) is 26.2 Å². The molecule has 2 N–H and O–H groups in total. The van der Waals surface area contributed by atoms with Crippen LogP contribution in [0.4, 0.5) is 8.78 Å². The molecule has 2 saturated heterocycles. The third-order valence-corrected chi connectivity index (χ3v) is 5.52. The second-order valence-electron chi connectivity index (χ2n) is 7.28. The Balaban J connectivity index is 1.70. The number of benzene rings is 1. The van der Waals surface area contributed by atoms with Crippen molar-refractivity contribution >= 4 is 11.8 Å². The van der Waals surface area contributed by atoms with Crippen molar-refractivity contribution in [1.82, 2.24) is 9.80 Å². The molecule has 2 aliphatic rings. The number of carbonyl (C=O) groups excluding carboxylic acids is 2. The molecule has 26 heavy (non-hydrogen) atoms. The van der Waals surface area contributed by atoms with E-state index in [9.17, 15) is 18.4 Å². The number of carbonyl (C=O) groups is 2. The molecule has 0 bridgehead atoms. The quantitative estimate of drug-likeness (QED) is 0.868. The van der Waals surface area contributed by atoms with Crippen LogP contribution in [-0.2, 0) is 16.1 Å². The number of amides is 2. The fraction of sp³-hybridized carbons (Fsp3) is 0.579. The van der Waals surface area contributed by atoms with Crippen LogP contribution in [0.2, 0.25) is 0 Å². The first-order valence-corrected chi connectivity index (χ1v) is 9.17. The minimum absolute atomic E-state index is 0.0356. The maximum atomic E-state index is 14.0. The molecule has 3 rings (SSSR count). The molecular formula is C19H25F2N3O2.